The lowest BCUT2D eigenvalue weighted by Crippen LogP contribution is -2.35. The van der Waals surface area contributed by atoms with Crippen LogP contribution < -0.4 is 10.6 Å². The van der Waals surface area contributed by atoms with Gasteiger partial charge in [0.25, 0.3) is 0 Å². The first kappa shape index (κ1) is 15.5. The molecule has 3 aromatic rings. The van der Waals surface area contributed by atoms with Gasteiger partial charge in [0.15, 0.2) is 11.1 Å². The number of thiazole rings is 2. The van der Waals surface area contributed by atoms with Gasteiger partial charge in [-0.2, -0.15) is 0 Å². The predicted molar refractivity (Wildman–Crippen MR) is 100 cm³/mol. The minimum absolute atomic E-state index is 0.616. The van der Waals surface area contributed by atoms with Gasteiger partial charge in [-0.1, -0.05) is 11.6 Å². The summed E-state index contributed by atoms with van der Waals surface area (Å²) in [4.78, 5) is 17.9. The van der Waals surface area contributed by atoms with Crippen LogP contribution in [-0.2, 0) is 0 Å². The summed E-state index contributed by atoms with van der Waals surface area (Å²) >= 11 is 8.95. The van der Waals surface area contributed by atoms with Crippen LogP contribution in [0.5, 0.6) is 0 Å². The number of rotatable bonds is 3. The molecule has 4 rings (SSSR count). The van der Waals surface area contributed by atoms with E-state index in [-0.39, 0.29) is 0 Å². The summed E-state index contributed by atoms with van der Waals surface area (Å²) in [6.07, 6.45) is 2.69. The van der Waals surface area contributed by atoms with Crippen LogP contribution in [0.2, 0.25) is 5.02 Å². The first-order valence-corrected chi connectivity index (χ1v) is 9.50. The molecule has 6 nitrogen and oxygen atoms in total. The number of guanidine groups is 1. The zero-order chi connectivity index (χ0) is 16.4. The molecule has 0 atom stereocenters. The van der Waals surface area contributed by atoms with Crippen LogP contribution in [-0.4, -0.2) is 34.0 Å². The Morgan fingerprint density at radius 1 is 1.08 bits per heavy atom. The van der Waals surface area contributed by atoms with E-state index in [9.17, 15) is 0 Å². The SMILES string of the molecule is Clc1ccc(-c2nc(-c3csc(NC4=NCCCN4)n3)cs2)nc1. The maximum atomic E-state index is 5.87. The Labute approximate surface area is 151 Å². The average Bonchev–Trinajstić information content (AvgIpc) is 3.26. The second-order valence-corrected chi connectivity index (χ2v) is 7.23. The molecule has 0 aliphatic carbocycles. The molecule has 4 heterocycles. The maximum Gasteiger partial charge on any atom is 0.197 e. The zero-order valence-corrected chi connectivity index (χ0v) is 14.9. The van der Waals surface area contributed by atoms with Crippen molar-refractivity contribution in [1.82, 2.24) is 20.3 Å². The summed E-state index contributed by atoms with van der Waals surface area (Å²) in [6, 6.07) is 3.68. The first-order valence-electron chi connectivity index (χ1n) is 7.36. The number of anilines is 1. The molecule has 1 aliphatic rings. The predicted octanol–water partition coefficient (Wildman–Crippen LogP) is 3.74. The van der Waals surface area contributed by atoms with E-state index >= 15 is 0 Å². The van der Waals surface area contributed by atoms with Crippen molar-refractivity contribution in [3.05, 3.63) is 34.1 Å². The fourth-order valence-electron chi connectivity index (χ4n) is 2.18. The summed E-state index contributed by atoms with van der Waals surface area (Å²) in [6.45, 7) is 1.78. The second-order valence-electron chi connectivity index (χ2n) is 5.07. The number of hydrogen-bond donors (Lipinski definition) is 2. The summed E-state index contributed by atoms with van der Waals surface area (Å²) in [5.74, 6) is 0.784. The molecule has 0 spiro atoms. The third-order valence-electron chi connectivity index (χ3n) is 3.34. The minimum Gasteiger partial charge on any atom is -0.356 e. The number of halogens is 1. The van der Waals surface area contributed by atoms with Gasteiger partial charge in [0, 0.05) is 30.0 Å². The van der Waals surface area contributed by atoms with Crippen molar-refractivity contribution in [3.63, 3.8) is 0 Å². The first-order chi connectivity index (χ1) is 11.8. The molecule has 0 fully saturated rings. The van der Waals surface area contributed by atoms with Crippen LogP contribution in [0.15, 0.2) is 34.1 Å². The molecule has 0 saturated heterocycles. The lowest BCUT2D eigenvalue weighted by atomic mass is 10.3. The molecular formula is C15H13ClN6S2. The van der Waals surface area contributed by atoms with Crippen LogP contribution >= 0.6 is 34.3 Å². The maximum absolute atomic E-state index is 5.87. The van der Waals surface area contributed by atoms with Gasteiger partial charge in [-0.15, -0.1) is 22.7 Å². The number of hydrogen-bond acceptors (Lipinski definition) is 8. The molecule has 24 heavy (non-hydrogen) atoms. The van der Waals surface area contributed by atoms with E-state index in [4.69, 9.17) is 11.6 Å². The van der Waals surface area contributed by atoms with Gasteiger partial charge in [0.05, 0.1) is 10.7 Å². The molecule has 2 N–H and O–H groups in total. The average molecular weight is 377 g/mol. The summed E-state index contributed by atoms with van der Waals surface area (Å²) in [5.41, 5.74) is 2.50. The molecular weight excluding hydrogens is 364 g/mol. The minimum atomic E-state index is 0.616. The number of nitrogens with zero attached hydrogens (tertiary/aromatic N) is 4. The third kappa shape index (κ3) is 3.40. The molecule has 3 aromatic heterocycles. The van der Waals surface area contributed by atoms with E-state index in [1.807, 2.05) is 22.9 Å². The molecule has 122 valence electrons. The Hall–Kier alpha value is -2.03. The standard InChI is InChI=1S/C15H13ClN6S2/c16-9-2-3-10(19-6-9)13-20-11(7-23-13)12-8-24-15(21-12)22-14-17-4-1-5-18-14/h2-3,6-8H,1,4-5H2,(H2,17,18,21,22). The Kier molecular flexibility index (Phi) is 4.42. The molecule has 0 aromatic carbocycles. The van der Waals surface area contributed by atoms with E-state index in [0.717, 1.165) is 52.7 Å². The summed E-state index contributed by atoms with van der Waals surface area (Å²) < 4.78 is 0. The number of aliphatic imine (C=N–C) groups is 1. The van der Waals surface area contributed by atoms with Gasteiger partial charge in [-0.25, -0.2) is 9.97 Å². The van der Waals surface area contributed by atoms with Crippen molar-refractivity contribution >= 4 is 45.4 Å². The van der Waals surface area contributed by atoms with Gasteiger partial charge in [-0.3, -0.25) is 9.98 Å². The number of pyridine rings is 1. The van der Waals surface area contributed by atoms with Crippen molar-refractivity contribution in [2.24, 2.45) is 4.99 Å². The monoisotopic (exact) mass is 376 g/mol. The summed E-state index contributed by atoms with van der Waals surface area (Å²) in [5, 5.41) is 12.7. The van der Waals surface area contributed by atoms with Gasteiger partial charge in [-0.05, 0) is 18.6 Å². The second kappa shape index (κ2) is 6.84. The lowest BCUT2D eigenvalue weighted by molar-refractivity contribution is 0.740. The normalized spacial score (nSPS) is 14.1. The Balaban J connectivity index is 1.52. The highest BCUT2D eigenvalue weighted by atomic mass is 35.5. The van der Waals surface area contributed by atoms with Crippen LogP contribution in [0.4, 0.5) is 5.13 Å². The van der Waals surface area contributed by atoms with Gasteiger partial charge >= 0.3 is 0 Å². The van der Waals surface area contributed by atoms with E-state index < -0.39 is 0 Å². The van der Waals surface area contributed by atoms with E-state index in [1.165, 1.54) is 22.7 Å². The molecule has 1 aliphatic heterocycles. The molecule has 9 heteroatoms. The van der Waals surface area contributed by atoms with Crippen LogP contribution in [0.3, 0.4) is 0 Å². The van der Waals surface area contributed by atoms with E-state index in [1.54, 1.807) is 6.20 Å². The van der Waals surface area contributed by atoms with Crippen molar-refractivity contribution in [3.8, 4) is 22.1 Å². The Morgan fingerprint density at radius 2 is 1.96 bits per heavy atom. The topological polar surface area (TPSA) is 75.1 Å². The molecule has 0 amide bonds. The number of aromatic nitrogens is 3. The van der Waals surface area contributed by atoms with Crippen molar-refractivity contribution in [2.45, 2.75) is 6.42 Å². The highest BCUT2D eigenvalue weighted by Crippen LogP contribution is 2.30. The largest absolute Gasteiger partial charge is 0.356 e. The van der Waals surface area contributed by atoms with Crippen LogP contribution in [0, 0.1) is 0 Å². The molecule has 0 saturated carbocycles. The van der Waals surface area contributed by atoms with E-state index in [0.29, 0.717) is 5.02 Å². The van der Waals surface area contributed by atoms with Crippen molar-refractivity contribution in [2.75, 3.05) is 18.4 Å². The van der Waals surface area contributed by atoms with Crippen molar-refractivity contribution < 1.29 is 0 Å². The van der Waals surface area contributed by atoms with E-state index in [2.05, 4.69) is 30.6 Å². The fourth-order valence-corrected chi connectivity index (χ4v) is 3.78. The highest BCUT2D eigenvalue weighted by molar-refractivity contribution is 7.14. The van der Waals surface area contributed by atoms with Gasteiger partial charge < -0.3 is 10.6 Å². The zero-order valence-electron chi connectivity index (χ0n) is 12.5. The molecule has 0 bridgehead atoms. The summed E-state index contributed by atoms with van der Waals surface area (Å²) in [7, 11) is 0. The lowest BCUT2D eigenvalue weighted by Gasteiger charge is -2.13. The van der Waals surface area contributed by atoms with Gasteiger partial charge in [0.1, 0.15) is 16.4 Å². The highest BCUT2D eigenvalue weighted by Gasteiger charge is 2.12. The Morgan fingerprint density at radius 3 is 2.75 bits per heavy atom. The molecule has 0 radical (unpaired) electrons. The fraction of sp³-hybridized carbons (Fsp3) is 0.200. The number of nitrogens with one attached hydrogen (secondary N) is 2. The van der Waals surface area contributed by atoms with Crippen molar-refractivity contribution in [1.29, 1.82) is 0 Å². The third-order valence-corrected chi connectivity index (χ3v) is 5.19. The van der Waals surface area contributed by atoms with Crippen LogP contribution in [0.25, 0.3) is 22.1 Å². The quantitative estimate of drug-likeness (QED) is 0.728. The van der Waals surface area contributed by atoms with Crippen LogP contribution in [0.1, 0.15) is 6.42 Å². The Bertz CT molecular complexity index is 870. The smallest absolute Gasteiger partial charge is 0.197 e. The molecule has 0 unspecified atom stereocenters. The van der Waals surface area contributed by atoms with Gasteiger partial charge in [0.2, 0.25) is 0 Å².